The summed E-state index contributed by atoms with van der Waals surface area (Å²) in [4.78, 5) is 32.7. The van der Waals surface area contributed by atoms with Gasteiger partial charge in [-0.1, -0.05) is 66.4 Å². The van der Waals surface area contributed by atoms with Crippen LogP contribution in [0.25, 0.3) is 27.0 Å². The van der Waals surface area contributed by atoms with E-state index < -0.39 is 5.25 Å². The van der Waals surface area contributed by atoms with Crippen LogP contribution in [0.3, 0.4) is 0 Å². The van der Waals surface area contributed by atoms with E-state index in [0.717, 1.165) is 28.8 Å². The minimum atomic E-state index is -0.573. The maximum absolute atomic E-state index is 13.5. The highest BCUT2D eigenvalue weighted by Gasteiger charge is 2.27. The van der Waals surface area contributed by atoms with Crippen LogP contribution in [0.5, 0.6) is 0 Å². The molecule has 3 aromatic carbocycles. The molecule has 0 saturated heterocycles. The van der Waals surface area contributed by atoms with Crippen molar-refractivity contribution in [1.29, 1.82) is 5.26 Å². The van der Waals surface area contributed by atoms with Crippen LogP contribution in [0.2, 0.25) is 0 Å². The Morgan fingerprint density at radius 1 is 1.05 bits per heavy atom. The Morgan fingerprint density at radius 2 is 1.79 bits per heavy atom. The zero-order chi connectivity index (χ0) is 26.2. The molecule has 0 bridgehead atoms. The standard InChI is InChI=1S/C30H22N4O2S2/c1-18(27(35)33-28-24(17-31)22-16-15-19-9-5-6-12-21(19)26(22)38-28)37-30-32-25-14-8-7-13-23(25)29(36)34(30)20-10-3-2-4-11-20/h2-14,18H,15-16H2,1H3,(H,33,35). The lowest BCUT2D eigenvalue weighted by Gasteiger charge is -2.16. The van der Waals surface area contributed by atoms with Gasteiger partial charge in [0.2, 0.25) is 5.91 Å². The second-order valence-electron chi connectivity index (χ2n) is 9.02. The molecule has 0 spiro atoms. The number of aryl methyl sites for hydroxylation is 1. The molecule has 186 valence electrons. The maximum Gasteiger partial charge on any atom is 0.266 e. The molecule has 0 saturated carbocycles. The molecule has 1 aliphatic carbocycles. The van der Waals surface area contributed by atoms with Crippen LogP contribution in [0.1, 0.15) is 23.6 Å². The summed E-state index contributed by atoms with van der Waals surface area (Å²) in [6, 6.07) is 27.1. The first-order valence-corrected chi connectivity index (χ1v) is 13.9. The highest BCUT2D eigenvalue weighted by Crippen LogP contribution is 2.45. The lowest BCUT2D eigenvalue weighted by molar-refractivity contribution is -0.115. The molecule has 8 heteroatoms. The molecular formula is C30H22N4O2S2. The van der Waals surface area contributed by atoms with Crippen molar-refractivity contribution >= 4 is 44.9 Å². The van der Waals surface area contributed by atoms with Gasteiger partial charge in [0.1, 0.15) is 11.1 Å². The smallest absolute Gasteiger partial charge is 0.266 e. The van der Waals surface area contributed by atoms with Gasteiger partial charge in [-0.3, -0.25) is 14.2 Å². The molecule has 5 aromatic rings. The van der Waals surface area contributed by atoms with Gasteiger partial charge in [0.05, 0.1) is 27.4 Å². The molecule has 1 N–H and O–H groups in total. The highest BCUT2D eigenvalue weighted by atomic mass is 32.2. The van der Waals surface area contributed by atoms with Crippen molar-refractivity contribution in [2.75, 3.05) is 5.32 Å². The van der Waals surface area contributed by atoms with Gasteiger partial charge < -0.3 is 5.32 Å². The third kappa shape index (κ3) is 4.20. The number of aromatic nitrogens is 2. The number of thiophene rings is 1. The number of thioether (sulfide) groups is 1. The fourth-order valence-corrected chi connectivity index (χ4v) is 6.96. The van der Waals surface area contributed by atoms with Gasteiger partial charge in [0, 0.05) is 4.88 Å². The minimum absolute atomic E-state index is 0.187. The Kier molecular flexibility index (Phi) is 6.32. The predicted octanol–water partition coefficient (Wildman–Crippen LogP) is 6.20. The van der Waals surface area contributed by atoms with Crippen molar-refractivity contribution in [2.24, 2.45) is 0 Å². The fourth-order valence-electron chi connectivity index (χ4n) is 4.77. The zero-order valence-corrected chi connectivity index (χ0v) is 22.1. The molecule has 0 aliphatic heterocycles. The van der Waals surface area contributed by atoms with Gasteiger partial charge in [0.15, 0.2) is 5.16 Å². The first-order chi connectivity index (χ1) is 18.5. The SMILES string of the molecule is CC(Sc1nc2ccccc2c(=O)n1-c1ccccc1)C(=O)Nc1sc2c(c1C#N)CCc1ccccc1-2. The second-order valence-corrected chi connectivity index (χ2v) is 11.3. The number of hydrogen-bond acceptors (Lipinski definition) is 6. The minimum Gasteiger partial charge on any atom is -0.316 e. The van der Waals surface area contributed by atoms with E-state index in [1.807, 2.05) is 54.6 Å². The summed E-state index contributed by atoms with van der Waals surface area (Å²) in [5, 5.41) is 13.9. The van der Waals surface area contributed by atoms with Crippen molar-refractivity contribution in [3.63, 3.8) is 0 Å². The third-order valence-electron chi connectivity index (χ3n) is 6.67. The molecule has 2 aromatic heterocycles. The summed E-state index contributed by atoms with van der Waals surface area (Å²) < 4.78 is 1.55. The van der Waals surface area contributed by atoms with Gasteiger partial charge in [-0.15, -0.1) is 11.3 Å². The number of nitrogens with one attached hydrogen (secondary N) is 1. The summed E-state index contributed by atoms with van der Waals surface area (Å²) >= 11 is 2.67. The van der Waals surface area contributed by atoms with Gasteiger partial charge in [-0.2, -0.15) is 5.26 Å². The number of anilines is 1. The van der Waals surface area contributed by atoms with E-state index in [4.69, 9.17) is 4.98 Å². The summed E-state index contributed by atoms with van der Waals surface area (Å²) in [5.41, 5.74) is 5.00. The Bertz CT molecular complexity index is 1800. The molecular weight excluding hydrogens is 512 g/mol. The summed E-state index contributed by atoms with van der Waals surface area (Å²) in [7, 11) is 0. The number of fused-ring (bicyclic) bond motifs is 4. The number of carbonyl (C=O) groups is 1. The van der Waals surface area contributed by atoms with Crippen LogP contribution in [-0.2, 0) is 17.6 Å². The molecule has 2 heterocycles. The normalized spacial score (nSPS) is 12.8. The van der Waals surface area contributed by atoms with Crippen LogP contribution in [0.4, 0.5) is 5.00 Å². The largest absolute Gasteiger partial charge is 0.316 e. The molecule has 38 heavy (non-hydrogen) atoms. The van der Waals surface area contributed by atoms with Crippen LogP contribution >= 0.6 is 23.1 Å². The van der Waals surface area contributed by atoms with E-state index in [0.29, 0.717) is 32.3 Å². The van der Waals surface area contributed by atoms with E-state index in [1.165, 1.54) is 28.7 Å². The van der Waals surface area contributed by atoms with E-state index in [2.05, 4.69) is 23.5 Å². The van der Waals surface area contributed by atoms with E-state index in [9.17, 15) is 14.9 Å². The van der Waals surface area contributed by atoms with Crippen LogP contribution < -0.4 is 10.9 Å². The van der Waals surface area contributed by atoms with Crippen molar-refractivity contribution in [1.82, 2.24) is 9.55 Å². The average Bonchev–Trinajstić information content (AvgIpc) is 3.31. The van der Waals surface area contributed by atoms with E-state index in [-0.39, 0.29) is 11.5 Å². The fraction of sp³-hybridized carbons (Fsp3) is 0.133. The monoisotopic (exact) mass is 534 g/mol. The highest BCUT2D eigenvalue weighted by molar-refractivity contribution is 8.00. The second kappa shape index (κ2) is 9.93. The first kappa shape index (κ1) is 24.2. The summed E-state index contributed by atoms with van der Waals surface area (Å²) in [5.74, 6) is -0.250. The average molecular weight is 535 g/mol. The lowest BCUT2D eigenvalue weighted by atomic mass is 9.90. The number of hydrogen-bond donors (Lipinski definition) is 1. The van der Waals surface area contributed by atoms with Crippen molar-refractivity contribution in [2.45, 2.75) is 30.2 Å². The van der Waals surface area contributed by atoms with Crippen LogP contribution in [0.15, 0.2) is 88.8 Å². The van der Waals surface area contributed by atoms with Gasteiger partial charge in [-0.05, 0) is 60.7 Å². The maximum atomic E-state index is 13.5. The van der Waals surface area contributed by atoms with Crippen molar-refractivity contribution in [3.8, 4) is 22.2 Å². The Labute approximate surface area is 227 Å². The number of nitriles is 1. The third-order valence-corrected chi connectivity index (χ3v) is 8.91. The van der Waals surface area contributed by atoms with Crippen LogP contribution in [-0.4, -0.2) is 20.7 Å². The van der Waals surface area contributed by atoms with Gasteiger partial charge >= 0.3 is 0 Å². The molecule has 1 atom stereocenters. The number of rotatable bonds is 5. The Balaban J connectivity index is 1.33. The van der Waals surface area contributed by atoms with Crippen molar-refractivity contribution in [3.05, 3.63) is 106 Å². The number of nitrogens with zero attached hydrogens (tertiary/aromatic N) is 3. The number of amides is 1. The molecule has 6 nitrogen and oxygen atoms in total. The number of carbonyl (C=O) groups excluding carboxylic acids is 1. The van der Waals surface area contributed by atoms with E-state index >= 15 is 0 Å². The van der Waals surface area contributed by atoms with Gasteiger partial charge in [0.25, 0.3) is 5.56 Å². The van der Waals surface area contributed by atoms with Gasteiger partial charge in [-0.25, -0.2) is 4.98 Å². The molecule has 1 unspecified atom stereocenters. The number of para-hydroxylation sites is 2. The summed E-state index contributed by atoms with van der Waals surface area (Å²) in [6.45, 7) is 1.78. The first-order valence-electron chi connectivity index (χ1n) is 12.2. The predicted molar refractivity (Wildman–Crippen MR) is 153 cm³/mol. The lowest BCUT2D eigenvalue weighted by Crippen LogP contribution is -2.26. The number of benzene rings is 3. The Morgan fingerprint density at radius 3 is 2.61 bits per heavy atom. The molecule has 6 rings (SSSR count). The summed E-state index contributed by atoms with van der Waals surface area (Å²) in [6.07, 6.45) is 1.65. The topological polar surface area (TPSA) is 87.8 Å². The molecule has 0 fully saturated rings. The molecule has 1 amide bonds. The quantitative estimate of drug-likeness (QED) is 0.214. The zero-order valence-electron chi connectivity index (χ0n) is 20.5. The Hall–Kier alpha value is -4.19. The molecule has 0 radical (unpaired) electrons. The molecule has 1 aliphatic rings. The van der Waals surface area contributed by atoms with Crippen molar-refractivity contribution < 1.29 is 4.79 Å². The van der Waals surface area contributed by atoms with Crippen LogP contribution in [0, 0.1) is 11.3 Å². The van der Waals surface area contributed by atoms with E-state index in [1.54, 1.807) is 23.6 Å².